The molecule has 29 heavy (non-hydrogen) atoms. The molecule has 0 aliphatic carbocycles. The first-order chi connectivity index (χ1) is 13.5. The van der Waals surface area contributed by atoms with Crippen LogP contribution in [-0.2, 0) is 16.1 Å². The molecule has 0 saturated heterocycles. The molecule has 1 aromatic heterocycles. The number of carbonyl (C=O) groups is 2. The second-order valence-electron chi connectivity index (χ2n) is 7.47. The van der Waals surface area contributed by atoms with Gasteiger partial charge < -0.3 is 20.1 Å². The Morgan fingerprint density at radius 1 is 1.21 bits per heavy atom. The molecule has 1 aromatic carbocycles. The van der Waals surface area contributed by atoms with Crippen LogP contribution in [0.15, 0.2) is 12.1 Å². The van der Waals surface area contributed by atoms with Gasteiger partial charge in [0.2, 0.25) is 5.95 Å². The largest absolute Gasteiger partial charge is 0.495 e. The number of amides is 1. The normalized spacial score (nSPS) is 13.4. The molecule has 0 radical (unpaired) electrons. The third-order valence-electron chi connectivity index (χ3n) is 4.10. The Bertz CT molecular complexity index is 1000. The van der Waals surface area contributed by atoms with E-state index in [0.717, 1.165) is 0 Å². The fraction of sp³-hybridized carbons (Fsp3) is 0.368. The minimum absolute atomic E-state index is 0.0869. The van der Waals surface area contributed by atoms with Crippen molar-refractivity contribution in [3.63, 3.8) is 0 Å². The van der Waals surface area contributed by atoms with Gasteiger partial charge in [-0.3, -0.25) is 9.59 Å². The summed E-state index contributed by atoms with van der Waals surface area (Å²) in [5.74, 6) is -0.645. The second-order valence-corrected chi connectivity index (χ2v) is 8.29. The smallest absolute Gasteiger partial charge is 0.326 e. The van der Waals surface area contributed by atoms with Crippen LogP contribution in [0.4, 0.5) is 5.95 Å². The maximum atomic E-state index is 12.8. The van der Waals surface area contributed by atoms with Crippen molar-refractivity contribution in [2.24, 2.45) is 0 Å². The quantitative estimate of drug-likeness (QED) is 0.728. The molecular weight excluding hydrogens is 419 g/mol. The van der Waals surface area contributed by atoms with Crippen molar-refractivity contribution in [3.8, 4) is 17.0 Å². The number of nitrogens with zero attached hydrogens (tertiary/aromatic N) is 3. The highest BCUT2D eigenvalue weighted by molar-refractivity contribution is 6.37. The van der Waals surface area contributed by atoms with Gasteiger partial charge in [0.15, 0.2) is 0 Å². The van der Waals surface area contributed by atoms with E-state index >= 15 is 0 Å². The molecule has 0 saturated carbocycles. The van der Waals surface area contributed by atoms with Gasteiger partial charge in [0.25, 0.3) is 5.91 Å². The number of benzene rings is 1. The number of fused-ring (bicyclic) bond motifs is 1. The topological polar surface area (TPSA) is 108 Å². The van der Waals surface area contributed by atoms with Crippen molar-refractivity contribution in [1.82, 2.24) is 14.9 Å². The van der Waals surface area contributed by atoms with Crippen LogP contribution >= 0.6 is 23.2 Å². The highest BCUT2D eigenvalue weighted by Crippen LogP contribution is 2.39. The van der Waals surface area contributed by atoms with Crippen LogP contribution < -0.4 is 10.5 Å². The molecule has 2 heterocycles. The number of esters is 1. The van der Waals surface area contributed by atoms with Crippen LogP contribution in [0.3, 0.4) is 0 Å². The van der Waals surface area contributed by atoms with Gasteiger partial charge in [-0.25, -0.2) is 9.97 Å². The molecular formula is C19H20Cl2N4O4. The average molecular weight is 439 g/mol. The second kappa shape index (κ2) is 7.68. The van der Waals surface area contributed by atoms with E-state index in [9.17, 15) is 9.59 Å². The predicted octanol–water partition coefficient (Wildman–Crippen LogP) is 3.34. The molecule has 0 atom stereocenters. The van der Waals surface area contributed by atoms with Gasteiger partial charge in [-0.15, -0.1) is 0 Å². The molecule has 2 aromatic rings. The molecule has 2 N–H and O–H groups in total. The number of halogens is 2. The number of hydrogen-bond acceptors (Lipinski definition) is 7. The molecule has 0 fully saturated rings. The number of anilines is 1. The Kier molecular flexibility index (Phi) is 5.60. The lowest BCUT2D eigenvalue weighted by atomic mass is 10.1. The maximum Gasteiger partial charge on any atom is 0.326 e. The number of hydrogen-bond donors (Lipinski definition) is 1. The summed E-state index contributed by atoms with van der Waals surface area (Å²) in [6.45, 7) is 5.16. The number of aromatic nitrogens is 2. The van der Waals surface area contributed by atoms with Crippen LogP contribution in [0.25, 0.3) is 11.3 Å². The van der Waals surface area contributed by atoms with E-state index in [-0.39, 0.29) is 24.7 Å². The molecule has 1 amide bonds. The van der Waals surface area contributed by atoms with Crippen molar-refractivity contribution in [2.75, 3.05) is 19.4 Å². The van der Waals surface area contributed by atoms with E-state index in [4.69, 9.17) is 38.4 Å². The zero-order chi connectivity index (χ0) is 21.5. The summed E-state index contributed by atoms with van der Waals surface area (Å²) in [5.41, 5.74) is 6.68. The van der Waals surface area contributed by atoms with Gasteiger partial charge in [-0.05, 0) is 32.9 Å². The standard InChI is InChI=1S/C19H20Cl2N4O4/c1-19(2,3)29-14(26)8-25-7-10-15(23-18(22)24-16(10)17(25)27)9-5-13(28-4)12(21)6-11(9)20/h5-6H,7-8H2,1-4H3,(H2,22,23,24). The van der Waals surface area contributed by atoms with Crippen molar-refractivity contribution in [3.05, 3.63) is 33.4 Å². The Hall–Kier alpha value is -2.58. The molecule has 1 aliphatic heterocycles. The van der Waals surface area contributed by atoms with Crippen LogP contribution in [0.2, 0.25) is 10.0 Å². The van der Waals surface area contributed by atoms with E-state index in [2.05, 4.69) is 9.97 Å². The number of rotatable bonds is 4. The fourth-order valence-corrected chi connectivity index (χ4v) is 3.54. The van der Waals surface area contributed by atoms with Gasteiger partial charge in [-0.1, -0.05) is 23.2 Å². The lowest BCUT2D eigenvalue weighted by molar-refractivity contribution is -0.155. The Labute approximate surface area is 177 Å². The van der Waals surface area contributed by atoms with Crippen LogP contribution in [-0.4, -0.2) is 46.0 Å². The predicted molar refractivity (Wildman–Crippen MR) is 109 cm³/mol. The number of carbonyl (C=O) groups excluding carboxylic acids is 2. The summed E-state index contributed by atoms with van der Waals surface area (Å²) >= 11 is 12.5. The molecule has 1 aliphatic rings. The van der Waals surface area contributed by atoms with E-state index in [1.165, 1.54) is 18.1 Å². The molecule has 0 bridgehead atoms. The summed E-state index contributed by atoms with van der Waals surface area (Å²) in [4.78, 5) is 34.6. The average Bonchev–Trinajstić information content (AvgIpc) is 2.89. The summed E-state index contributed by atoms with van der Waals surface area (Å²) in [6, 6.07) is 3.14. The van der Waals surface area contributed by atoms with E-state index in [1.807, 2.05) is 0 Å². The first kappa shape index (κ1) is 21.1. The van der Waals surface area contributed by atoms with Gasteiger partial charge in [0.1, 0.15) is 23.6 Å². The SMILES string of the molecule is COc1cc(-c2nc(N)nc3c2CN(CC(=O)OC(C)(C)C)C3=O)c(Cl)cc1Cl. The molecule has 154 valence electrons. The molecule has 0 unspecified atom stereocenters. The molecule has 0 spiro atoms. The van der Waals surface area contributed by atoms with Crippen molar-refractivity contribution in [1.29, 1.82) is 0 Å². The van der Waals surface area contributed by atoms with Gasteiger partial charge in [-0.2, -0.15) is 0 Å². The lowest BCUT2D eigenvalue weighted by Gasteiger charge is -2.22. The van der Waals surface area contributed by atoms with Gasteiger partial charge in [0, 0.05) is 11.1 Å². The summed E-state index contributed by atoms with van der Waals surface area (Å²) in [5, 5.41) is 0.650. The Morgan fingerprint density at radius 2 is 1.86 bits per heavy atom. The molecule has 3 rings (SSSR count). The fourth-order valence-electron chi connectivity index (χ4n) is 2.99. The van der Waals surface area contributed by atoms with E-state index in [1.54, 1.807) is 26.8 Å². The highest BCUT2D eigenvalue weighted by atomic mass is 35.5. The number of methoxy groups -OCH3 is 1. The number of nitrogens with two attached hydrogens (primary N) is 1. The Balaban J connectivity index is 2.00. The van der Waals surface area contributed by atoms with Crippen molar-refractivity contribution >= 4 is 41.0 Å². The van der Waals surface area contributed by atoms with Crippen LogP contribution in [0.1, 0.15) is 36.8 Å². The van der Waals surface area contributed by atoms with Crippen molar-refractivity contribution < 1.29 is 19.1 Å². The van der Waals surface area contributed by atoms with Gasteiger partial charge in [0.05, 0.1) is 29.4 Å². The third kappa shape index (κ3) is 4.38. The molecule has 10 heteroatoms. The maximum absolute atomic E-state index is 12.8. The lowest BCUT2D eigenvalue weighted by Crippen LogP contribution is -2.35. The Morgan fingerprint density at radius 3 is 2.48 bits per heavy atom. The summed E-state index contributed by atoms with van der Waals surface area (Å²) < 4.78 is 10.6. The highest BCUT2D eigenvalue weighted by Gasteiger charge is 2.35. The summed E-state index contributed by atoms with van der Waals surface area (Å²) in [7, 11) is 1.48. The minimum atomic E-state index is -0.657. The first-order valence-electron chi connectivity index (χ1n) is 8.71. The van der Waals surface area contributed by atoms with E-state index in [0.29, 0.717) is 32.6 Å². The zero-order valence-electron chi connectivity index (χ0n) is 16.4. The number of ether oxygens (including phenoxy) is 2. The molecule has 8 nitrogen and oxygen atoms in total. The van der Waals surface area contributed by atoms with Crippen molar-refractivity contribution in [2.45, 2.75) is 32.9 Å². The summed E-state index contributed by atoms with van der Waals surface area (Å²) in [6.07, 6.45) is 0. The third-order valence-corrected chi connectivity index (χ3v) is 4.71. The van der Waals surface area contributed by atoms with E-state index < -0.39 is 17.5 Å². The zero-order valence-corrected chi connectivity index (χ0v) is 17.9. The van der Waals surface area contributed by atoms with Crippen LogP contribution in [0, 0.1) is 0 Å². The minimum Gasteiger partial charge on any atom is -0.495 e. The number of nitrogen functional groups attached to an aromatic ring is 1. The monoisotopic (exact) mass is 438 g/mol. The first-order valence-corrected chi connectivity index (χ1v) is 9.46. The van der Waals surface area contributed by atoms with Gasteiger partial charge >= 0.3 is 5.97 Å². The van der Waals surface area contributed by atoms with Crippen LogP contribution in [0.5, 0.6) is 5.75 Å².